The lowest BCUT2D eigenvalue weighted by atomic mass is 9.96. The van der Waals surface area contributed by atoms with Gasteiger partial charge in [-0.2, -0.15) is 0 Å². The Bertz CT molecular complexity index is 580. The van der Waals surface area contributed by atoms with E-state index < -0.39 is 0 Å². The molecule has 1 aliphatic heterocycles. The van der Waals surface area contributed by atoms with Crippen LogP contribution in [0.5, 0.6) is 5.75 Å². The number of hydrogen-bond donors (Lipinski definition) is 1. The lowest BCUT2D eigenvalue weighted by Crippen LogP contribution is -2.21. The van der Waals surface area contributed by atoms with Crippen molar-refractivity contribution in [1.82, 2.24) is 10.3 Å². The van der Waals surface area contributed by atoms with Crippen molar-refractivity contribution in [3.8, 4) is 5.75 Å². The van der Waals surface area contributed by atoms with E-state index in [-0.39, 0.29) is 6.10 Å². The second-order valence-electron chi connectivity index (χ2n) is 5.13. The maximum Gasteiger partial charge on any atom is 0.157 e. The van der Waals surface area contributed by atoms with Gasteiger partial charge in [-0.15, -0.1) is 0 Å². The van der Waals surface area contributed by atoms with E-state index in [1.165, 1.54) is 0 Å². The third kappa shape index (κ3) is 3.31. The average Bonchev–Trinajstić information content (AvgIpc) is 3.02. The summed E-state index contributed by atoms with van der Waals surface area (Å²) in [5.41, 5.74) is 1.04. The SMILES string of the molecule is Clc1cccc(Cl)c1O[C@@H](c1cccnc1)[C@H]1CCNC1. The number of halogens is 2. The summed E-state index contributed by atoms with van der Waals surface area (Å²) in [7, 11) is 0. The number of hydrogen-bond acceptors (Lipinski definition) is 3. The maximum absolute atomic E-state index is 6.23. The van der Waals surface area contributed by atoms with Crippen molar-refractivity contribution in [2.45, 2.75) is 12.5 Å². The van der Waals surface area contributed by atoms with Crippen LogP contribution in [-0.2, 0) is 0 Å². The van der Waals surface area contributed by atoms with E-state index in [1.807, 2.05) is 24.4 Å². The molecule has 1 aliphatic rings. The van der Waals surface area contributed by atoms with Crippen molar-refractivity contribution in [2.75, 3.05) is 13.1 Å². The minimum absolute atomic E-state index is 0.105. The number of nitrogens with zero attached hydrogens (tertiary/aromatic N) is 1. The molecule has 110 valence electrons. The van der Waals surface area contributed by atoms with Gasteiger partial charge in [-0.3, -0.25) is 4.98 Å². The third-order valence-electron chi connectivity index (χ3n) is 3.70. The van der Waals surface area contributed by atoms with E-state index >= 15 is 0 Å². The van der Waals surface area contributed by atoms with Gasteiger partial charge in [0.2, 0.25) is 0 Å². The van der Waals surface area contributed by atoms with Gasteiger partial charge in [0, 0.05) is 30.4 Å². The highest BCUT2D eigenvalue weighted by Gasteiger charge is 2.29. The topological polar surface area (TPSA) is 34.1 Å². The summed E-state index contributed by atoms with van der Waals surface area (Å²) in [5.74, 6) is 0.920. The van der Waals surface area contributed by atoms with Crippen LogP contribution in [0, 0.1) is 5.92 Å². The average molecular weight is 323 g/mol. The fraction of sp³-hybridized carbons (Fsp3) is 0.312. The molecule has 1 saturated heterocycles. The minimum Gasteiger partial charge on any atom is -0.482 e. The highest BCUT2D eigenvalue weighted by molar-refractivity contribution is 6.37. The van der Waals surface area contributed by atoms with Gasteiger partial charge in [-0.25, -0.2) is 0 Å². The predicted octanol–water partition coefficient (Wildman–Crippen LogP) is 4.12. The smallest absolute Gasteiger partial charge is 0.157 e. The van der Waals surface area contributed by atoms with Crippen LogP contribution in [0.2, 0.25) is 10.0 Å². The van der Waals surface area contributed by atoms with Crippen LogP contribution in [-0.4, -0.2) is 18.1 Å². The molecule has 0 unspecified atom stereocenters. The normalized spacial score (nSPS) is 19.4. The first-order chi connectivity index (χ1) is 10.3. The highest BCUT2D eigenvalue weighted by Crippen LogP contribution is 2.39. The number of benzene rings is 1. The van der Waals surface area contributed by atoms with Gasteiger partial charge in [0.25, 0.3) is 0 Å². The molecule has 1 fully saturated rings. The van der Waals surface area contributed by atoms with E-state index in [1.54, 1.807) is 18.3 Å². The maximum atomic E-state index is 6.23. The Morgan fingerprint density at radius 3 is 2.62 bits per heavy atom. The highest BCUT2D eigenvalue weighted by atomic mass is 35.5. The predicted molar refractivity (Wildman–Crippen MR) is 85.0 cm³/mol. The first kappa shape index (κ1) is 14.6. The molecule has 1 N–H and O–H groups in total. The summed E-state index contributed by atoms with van der Waals surface area (Å²) >= 11 is 12.5. The molecule has 2 aromatic rings. The summed E-state index contributed by atoms with van der Waals surface area (Å²) in [5, 5.41) is 4.43. The van der Waals surface area contributed by atoms with Crippen LogP contribution < -0.4 is 10.1 Å². The number of rotatable bonds is 4. The number of pyridine rings is 1. The molecule has 0 saturated carbocycles. The van der Waals surface area contributed by atoms with Crippen molar-refractivity contribution in [1.29, 1.82) is 0 Å². The van der Waals surface area contributed by atoms with E-state index in [9.17, 15) is 0 Å². The minimum atomic E-state index is -0.105. The molecular weight excluding hydrogens is 307 g/mol. The van der Waals surface area contributed by atoms with E-state index in [0.717, 1.165) is 25.1 Å². The van der Waals surface area contributed by atoms with Gasteiger partial charge in [-0.05, 0) is 31.2 Å². The summed E-state index contributed by atoms with van der Waals surface area (Å²) in [6.07, 6.45) is 4.55. The molecule has 2 atom stereocenters. The van der Waals surface area contributed by atoms with Gasteiger partial charge in [-0.1, -0.05) is 35.3 Å². The van der Waals surface area contributed by atoms with Gasteiger partial charge in [0.15, 0.2) is 5.75 Å². The van der Waals surface area contributed by atoms with E-state index in [0.29, 0.717) is 21.7 Å². The van der Waals surface area contributed by atoms with Crippen molar-refractivity contribution < 1.29 is 4.74 Å². The Morgan fingerprint density at radius 1 is 1.19 bits per heavy atom. The van der Waals surface area contributed by atoms with Crippen LogP contribution in [0.3, 0.4) is 0 Å². The van der Waals surface area contributed by atoms with Crippen LogP contribution in [0.4, 0.5) is 0 Å². The number of para-hydroxylation sites is 1. The fourth-order valence-electron chi connectivity index (χ4n) is 2.64. The summed E-state index contributed by atoms with van der Waals surface area (Å²) in [4.78, 5) is 4.20. The molecule has 0 bridgehead atoms. The molecule has 1 aromatic heterocycles. The summed E-state index contributed by atoms with van der Waals surface area (Å²) in [6.45, 7) is 1.92. The third-order valence-corrected chi connectivity index (χ3v) is 4.30. The number of nitrogens with one attached hydrogen (secondary N) is 1. The van der Waals surface area contributed by atoms with Crippen molar-refractivity contribution in [3.63, 3.8) is 0 Å². The Hall–Kier alpha value is -1.29. The summed E-state index contributed by atoms with van der Waals surface area (Å²) < 4.78 is 6.20. The molecular formula is C16H16Cl2N2O. The second kappa shape index (κ2) is 6.65. The van der Waals surface area contributed by atoms with Gasteiger partial charge in [0.1, 0.15) is 6.10 Å². The van der Waals surface area contributed by atoms with Gasteiger partial charge >= 0.3 is 0 Å². The molecule has 2 heterocycles. The zero-order valence-electron chi connectivity index (χ0n) is 11.4. The molecule has 21 heavy (non-hydrogen) atoms. The van der Waals surface area contributed by atoms with Gasteiger partial charge < -0.3 is 10.1 Å². The number of ether oxygens (including phenoxy) is 1. The second-order valence-corrected chi connectivity index (χ2v) is 5.94. The molecule has 3 rings (SSSR count). The number of aromatic nitrogens is 1. The molecule has 0 radical (unpaired) electrons. The largest absolute Gasteiger partial charge is 0.482 e. The molecule has 1 aromatic carbocycles. The zero-order chi connectivity index (χ0) is 14.7. The lowest BCUT2D eigenvalue weighted by Gasteiger charge is -2.25. The monoisotopic (exact) mass is 322 g/mol. The van der Waals surface area contributed by atoms with Crippen molar-refractivity contribution >= 4 is 23.2 Å². The standard InChI is InChI=1S/C16H16Cl2N2O/c17-13-4-1-5-14(18)16(13)21-15(12-6-8-20-10-12)11-3-2-7-19-9-11/h1-5,7,9,12,15,20H,6,8,10H2/t12-,15-/m0/s1. The molecule has 5 heteroatoms. The molecule has 0 spiro atoms. The van der Waals surface area contributed by atoms with Crippen molar-refractivity contribution in [3.05, 3.63) is 58.3 Å². The fourth-order valence-corrected chi connectivity index (χ4v) is 3.12. The first-order valence-electron chi connectivity index (χ1n) is 6.97. The van der Waals surface area contributed by atoms with Crippen LogP contribution >= 0.6 is 23.2 Å². The quantitative estimate of drug-likeness (QED) is 0.919. The lowest BCUT2D eigenvalue weighted by molar-refractivity contribution is 0.144. The van der Waals surface area contributed by atoms with Crippen LogP contribution in [0.15, 0.2) is 42.7 Å². The molecule has 3 nitrogen and oxygen atoms in total. The zero-order valence-corrected chi connectivity index (χ0v) is 12.9. The van der Waals surface area contributed by atoms with E-state index in [4.69, 9.17) is 27.9 Å². The Balaban J connectivity index is 1.92. The summed E-state index contributed by atoms with van der Waals surface area (Å²) in [6, 6.07) is 9.34. The van der Waals surface area contributed by atoms with Crippen LogP contribution in [0.1, 0.15) is 18.1 Å². The van der Waals surface area contributed by atoms with Gasteiger partial charge in [0.05, 0.1) is 10.0 Å². The van der Waals surface area contributed by atoms with Crippen LogP contribution in [0.25, 0.3) is 0 Å². The Labute approximate surface area is 134 Å². The molecule has 0 aliphatic carbocycles. The Kier molecular flexibility index (Phi) is 4.63. The Morgan fingerprint density at radius 2 is 2.00 bits per heavy atom. The van der Waals surface area contributed by atoms with E-state index in [2.05, 4.69) is 10.3 Å². The first-order valence-corrected chi connectivity index (χ1v) is 7.72. The molecule has 0 amide bonds. The van der Waals surface area contributed by atoms with Crippen molar-refractivity contribution in [2.24, 2.45) is 5.92 Å².